The van der Waals surface area contributed by atoms with Gasteiger partial charge in [0.05, 0.1) is 5.39 Å². The van der Waals surface area contributed by atoms with Crippen LogP contribution < -0.4 is 16.6 Å². The van der Waals surface area contributed by atoms with Crippen LogP contribution in [0.2, 0.25) is 0 Å². The van der Waals surface area contributed by atoms with Gasteiger partial charge in [0, 0.05) is 10.9 Å². The Balaban J connectivity index is 1.92. The highest BCUT2D eigenvalue weighted by Gasteiger charge is 2.16. The van der Waals surface area contributed by atoms with Gasteiger partial charge in [0.2, 0.25) is 5.95 Å². The largest absolute Gasteiger partial charge is 0.367 e. The van der Waals surface area contributed by atoms with Crippen LogP contribution in [-0.2, 0) is 0 Å². The fourth-order valence-electron chi connectivity index (χ4n) is 2.83. The first kappa shape index (κ1) is 13.6. The van der Waals surface area contributed by atoms with Gasteiger partial charge in [-0.25, -0.2) is 10.8 Å². The number of nitrogens with two attached hydrogens (primary N) is 1. The van der Waals surface area contributed by atoms with Crippen LogP contribution in [0.5, 0.6) is 0 Å². The summed E-state index contributed by atoms with van der Waals surface area (Å²) in [4.78, 5) is 11.2. The molecule has 0 radical (unpaired) electrons. The van der Waals surface area contributed by atoms with E-state index in [0.717, 1.165) is 16.0 Å². The number of hydrazine groups is 1. The number of nitrogen functional groups attached to an aromatic ring is 1. The number of thiophene rings is 1. The van der Waals surface area contributed by atoms with Gasteiger partial charge in [0.15, 0.2) is 0 Å². The summed E-state index contributed by atoms with van der Waals surface area (Å²) in [5.41, 5.74) is 2.56. The molecule has 0 amide bonds. The molecule has 1 saturated carbocycles. The number of hydrogen-bond acceptors (Lipinski definition) is 6. The summed E-state index contributed by atoms with van der Waals surface area (Å²) in [7, 11) is 0. The molecular formula is C14H21N5S. The molecule has 2 aromatic rings. The van der Waals surface area contributed by atoms with E-state index in [-0.39, 0.29) is 0 Å². The number of anilines is 2. The maximum Gasteiger partial charge on any atom is 0.240 e. The smallest absolute Gasteiger partial charge is 0.240 e. The number of nitrogens with one attached hydrogen (secondary N) is 2. The molecule has 0 aromatic carbocycles. The van der Waals surface area contributed by atoms with Crippen LogP contribution in [-0.4, -0.2) is 16.0 Å². The molecule has 0 unspecified atom stereocenters. The van der Waals surface area contributed by atoms with Crippen LogP contribution in [0.4, 0.5) is 11.8 Å². The van der Waals surface area contributed by atoms with Crippen LogP contribution >= 0.6 is 11.3 Å². The normalized spacial score (nSPS) is 17.1. The van der Waals surface area contributed by atoms with Crippen LogP contribution in [0.15, 0.2) is 6.07 Å². The van der Waals surface area contributed by atoms with Crippen molar-refractivity contribution in [2.24, 2.45) is 5.84 Å². The second kappa shape index (κ2) is 5.93. The molecule has 1 fully saturated rings. The molecule has 2 aromatic heterocycles. The number of rotatable bonds is 3. The Morgan fingerprint density at radius 1 is 1.20 bits per heavy atom. The van der Waals surface area contributed by atoms with Crippen molar-refractivity contribution in [3.8, 4) is 0 Å². The fourth-order valence-corrected chi connectivity index (χ4v) is 3.71. The van der Waals surface area contributed by atoms with Crippen molar-refractivity contribution < 1.29 is 0 Å². The third-order valence-electron chi connectivity index (χ3n) is 3.84. The quantitative estimate of drug-likeness (QED) is 0.459. The van der Waals surface area contributed by atoms with Crippen molar-refractivity contribution in [1.82, 2.24) is 9.97 Å². The number of hydrogen-bond donors (Lipinski definition) is 3. The molecule has 0 bridgehead atoms. The third kappa shape index (κ3) is 2.86. The molecule has 6 heteroatoms. The lowest BCUT2D eigenvalue weighted by Gasteiger charge is -2.17. The lowest BCUT2D eigenvalue weighted by atomic mass is 10.1. The van der Waals surface area contributed by atoms with Crippen molar-refractivity contribution in [2.45, 2.75) is 51.5 Å². The molecule has 0 saturated heterocycles. The molecule has 2 heterocycles. The summed E-state index contributed by atoms with van der Waals surface area (Å²) < 4.78 is 0. The van der Waals surface area contributed by atoms with E-state index < -0.39 is 0 Å². The molecule has 20 heavy (non-hydrogen) atoms. The van der Waals surface area contributed by atoms with Crippen molar-refractivity contribution in [2.75, 3.05) is 10.7 Å². The van der Waals surface area contributed by atoms with E-state index in [2.05, 4.69) is 33.7 Å². The topological polar surface area (TPSA) is 75.9 Å². The highest BCUT2D eigenvalue weighted by molar-refractivity contribution is 7.18. The molecule has 1 aliphatic carbocycles. The van der Waals surface area contributed by atoms with E-state index in [1.807, 2.05) is 0 Å². The molecule has 0 aliphatic heterocycles. The first-order chi connectivity index (χ1) is 9.76. The zero-order chi connectivity index (χ0) is 13.9. The molecule has 0 spiro atoms. The Hall–Kier alpha value is -1.40. The van der Waals surface area contributed by atoms with E-state index in [4.69, 9.17) is 5.84 Å². The maximum atomic E-state index is 5.48. The van der Waals surface area contributed by atoms with Gasteiger partial charge in [-0.1, -0.05) is 25.7 Å². The summed E-state index contributed by atoms with van der Waals surface area (Å²) >= 11 is 1.68. The van der Waals surface area contributed by atoms with Gasteiger partial charge < -0.3 is 5.32 Å². The van der Waals surface area contributed by atoms with Crippen molar-refractivity contribution in [1.29, 1.82) is 0 Å². The van der Waals surface area contributed by atoms with Crippen molar-refractivity contribution in [3.63, 3.8) is 0 Å². The molecule has 0 atom stereocenters. The van der Waals surface area contributed by atoms with E-state index in [0.29, 0.717) is 12.0 Å². The lowest BCUT2D eigenvalue weighted by Crippen LogP contribution is -2.20. The Labute approximate surface area is 123 Å². The second-order valence-electron chi connectivity index (χ2n) is 5.45. The van der Waals surface area contributed by atoms with Gasteiger partial charge in [0.1, 0.15) is 10.6 Å². The molecule has 5 nitrogen and oxygen atoms in total. The summed E-state index contributed by atoms with van der Waals surface area (Å²) in [6.07, 6.45) is 7.75. The van der Waals surface area contributed by atoms with Crippen molar-refractivity contribution >= 4 is 33.3 Å². The molecule has 3 rings (SSSR count). The van der Waals surface area contributed by atoms with Gasteiger partial charge in [-0.05, 0) is 25.8 Å². The number of fused-ring (bicyclic) bond motifs is 1. The van der Waals surface area contributed by atoms with Gasteiger partial charge in [-0.2, -0.15) is 4.98 Å². The maximum absolute atomic E-state index is 5.48. The zero-order valence-corrected chi connectivity index (χ0v) is 12.6. The van der Waals surface area contributed by atoms with Crippen LogP contribution in [0.25, 0.3) is 10.2 Å². The highest BCUT2D eigenvalue weighted by Crippen LogP contribution is 2.31. The summed E-state index contributed by atoms with van der Waals surface area (Å²) in [6, 6.07) is 2.67. The SMILES string of the molecule is Cc1cc2c(NC3CCCCCC3)nc(NN)nc2s1. The number of aromatic nitrogens is 2. The fraction of sp³-hybridized carbons (Fsp3) is 0.571. The number of nitrogens with zero attached hydrogens (tertiary/aromatic N) is 2. The first-order valence-corrected chi connectivity index (χ1v) is 8.09. The summed E-state index contributed by atoms with van der Waals surface area (Å²) in [5.74, 6) is 6.87. The molecule has 108 valence electrons. The minimum atomic E-state index is 0.482. The summed E-state index contributed by atoms with van der Waals surface area (Å²) in [5, 5.41) is 4.72. The van der Waals surface area contributed by atoms with Crippen LogP contribution in [0.1, 0.15) is 43.4 Å². The van der Waals surface area contributed by atoms with Gasteiger partial charge in [-0.15, -0.1) is 11.3 Å². The lowest BCUT2D eigenvalue weighted by molar-refractivity contribution is 0.618. The van der Waals surface area contributed by atoms with Crippen LogP contribution in [0, 0.1) is 6.92 Å². The van der Waals surface area contributed by atoms with Gasteiger partial charge >= 0.3 is 0 Å². The minimum Gasteiger partial charge on any atom is -0.367 e. The van der Waals surface area contributed by atoms with E-state index in [9.17, 15) is 0 Å². The van der Waals surface area contributed by atoms with Gasteiger partial charge in [-0.3, -0.25) is 5.43 Å². The average Bonchev–Trinajstić information content (AvgIpc) is 2.65. The highest BCUT2D eigenvalue weighted by atomic mass is 32.1. The Morgan fingerprint density at radius 3 is 2.65 bits per heavy atom. The Bertz CT molecular complexity index is 587. The van der Waals surface area contributed by atoms with Gasteiger partial charge in [0.25, 0.3) is 0 Å². The Kier molecular flexibility index (Phi) is 4.03. The standard InChI is InChI=1S/C14H21N5S/c1-9-8-11-12(16-10-6-4-2-3-5-7-10)17-14(19-15)18-13(11)20-9/h8,10H,2-7,15H2,1H3,(H2,16,17,18,19). The monoisotopic (exact) mass is 291 g/mol. The van der Waals surface area contributed by atoms with E-state index in [1.54, 1.807) is 11.3 Å². The molecule has 4 N–H and O–H groups in total. The van der Waals surface area contributed by atoms with E-state index >= 15 is 0 Å². The second-order valence-corrected chi connectivity index (χ2v) is 6.68. The molecule has 1 aliphatic rings. The molecular weight excluding hydrogens is 270 g/mol. The third-order valence-corrected chi connectivity index (χ3v) is 4.79. The van der Waals surface area contributed by atoms with Crippen LogP contribution in [0.3, 0.4) is 0 Å². The van der Waals surface area contributed by atoms with E-state index in [1.165, 1.54) is 43.4 Å². The first-order valence-electron chi connectivity index (χ1n) is 7.27. The predicted molar refractivity (Wildman–Crippen MR) is 85.1 cm³/mol. The minimum absolute atomic E-state index is 0.482. The van der Waals surface area contributed by atoms with Crippen molar-refractivity contribution in [3.05, 3.63) is 10.9 Å². The predicted octanol–water partition coefficient (Wildman–Crippen LogP) is 3.42. The average molecular weight is 291 g/mol. The summed E-state index contributed by atoms with van der Waals surface area (Å²) in [6.45, 7) is 2.09. The number of aryl methyl sites for hydroxylation is 1. The zero-order valence-electron chi connectivity index (χ0n) is 11.8. The Morgan fingerprint density at radius 2 is 1.95 bits per heavy atom.